The number of imidazole rings is 1. The summed E-state index contributed by atoms with van der Waals surface area (Å²) in [5.41, 5.74) is 1.04. The largest absolute Gasteiger partial charge is 0.481 e. The fourth-order valence-corrected chi connectivity index (χ4v) is 1.99. The first-order chi connectivity index (χ1) is 9.38. The summed E-state index contributed by atoms with van der Waals surface area (Å²) in [5, 5.41) is 12.9. The second-order valence-electron chi connectivity index (χ2n) is 5.46. The number of carbonyl (C=O) groups is 1. The number of carboxylic acids is 1. The van der Waals surface area contributed by atoms with Gasteiger partial charge in [-0.15, -0.1) is 0 Å². The van der Waals surface area contributed by atoms with E-state index < -0.39 is 11.4 Å². The average Bonchev–Trinajstić information content (AvgIpc) is 2.76. The molecular formula is C14H18ClN3O2. The second kappa shape index (κ2) is 5.81. The van der Waals surface area contributed by atoms with Crippen LogP contribution in [0.3, 0.4) is 0 Å². The highest BCUT2D eigenvalue weighted by molar-refractivity contribution is 6.30. The van der Waals surface area contributed by atoms with Gasteiger partial charge in [0.2, 0.25) is 0 Å². The average molecular weight is 296 g/mol. The highest BCUT2D eigenvalue weighted by atomic mass is 35.5. The summed E-state index contributed by atoms with van der Waals surface area (Å²) in [6.07, 6.45) is 4.29. The first kappa shape index (κ1) is 14.8. The van der Waals surface area contributed by atoms with Crippen molar-refractivity contribution in [1.82, 2.24) is 14.7 Å². The second-order valence-corrected chi connectivity index (χ2v) is 5.90. The van der Waals surface area contributed by atoms with Crippen LogP contribution in [-0.4, -0.2) is 27.0 Å². The van der Waals surface area contributed by atoms with Gasteiger partial charge in [-0.05, 0) is 38.9 Å². The highest BCUT2D eigenvalue weighted by Crippen LogP contribution is 2.19. The van der Waals surface area contributed by atoms with Gasteiger partial charge in [-0.1, -0.05) is 11.6 Å². The summed E-state index contributed by atoms with van der Waals surface area (Å²) in [7, 11) is 0. The Morgan fingerprint density at radius 3 is 2.90 bits per heavy atom. The van der Waals surface area contributed by atoms with Crippen molar-refractivity contribution in [3.8, 4) is 0 Å². The quantitative estimate of drug-likeness (QED) is 0.804. The van der Waals surface area contributed by atoms with Crippen LogP contribution in [0, 0.1) is 5.41 Å². The Balaban J connectivity index is 1.89. The minimum Gasteiger partial charge on any atom is -0.481 e. The lowest BCUT2D eigenvalue weighted by Gasteiger charge is -2.18. The summed E-state index contributed by atoms with van der Waals surface area (Å²) in [4.78, 5) is 15.4. The van der Waals surface area contributed by atoms with E-state index in [1.165, 1.54) is 0 Å². The molecule has 2 N–H and O–H groups in total. The van der Waals surface area contributed by atoms with Crippen molar-refractivity contribution < 1.29 is 9.90 Å². The fraction of sp³-hybridized carbons (Fsp3) is 0.429. The maximum absolute atomic E-state index is 11.0. The number of aliphatic carboxylic acids is 1. The summed E-state index contributed by atoms with van der Waals surface area (Å²) >= 11 is 5.91. The van der Waals surface area contributed by atoms with Crippen molar-refractivity contribution in [3.05, 3.63) is 35.2 Å². The smallest absolute Gasteiger partial charge is 0.309 e. The maximum Gasteiger partial charge on any atom is 0.309 e. The van der Waals surface area contributed by atoms with Crippen LogP contribution >= 0.6 is 11.6 Å². The number of carboxylic acid groups (broad SMARTS) is 1. The summed E-state index contributed by atoms with van der Waals surface area (Å²) in [6, 6.07) is 3.66. The molecule has 0 aromatic carbocycles. The minimum absolute atomic E-state index is 0.571. The van der Waals surface area contributed by atoms with Crippen LogP contribution in [0.15, 0.2) is 24.5 Å². The number of nitrogens with one attached hydrogen (secondary N) is 1. The number of halogens is 1. The number of aromatic nitrogens is 2. The van der Waals surface area contributed by atoms with Crippen molar-refractivity contribution in [2.75, 3.05) is 6.54 Å². The van der Waals surface area contributed by atoms with Gasteiger partial charge in [0.25, 0.3) is 0 Å². The zero-order valence-electron chi connectivity index (χ0n) is 11.6. The van der Waals surface area contributed by atoms with E-state index in [9.17, 15) is 4.79 Å². The molecule has 2 heterocycles. The lowest BCUT2D eigenvalue weighted by molar-refractivity contribution is -0.147. The Morgan fingerprint density at radius 2 is 2.20 bits per heavy atom. The molecule has 2 aromatic heterocycles. The number of pyridine rings is 1. The van der Waals surface area contributed by atoms with E-state index in [0.717, 1.165) is 11.3 Å². The van der Waals surface area contributed by atoms with Gasteiger partial charge in [-0.25, -0.2) is 4.98 Å². The molecule has 6 heteroatoms. The van der Waals surface area contributed by atoms with E-state index in [4.69, 9.17) is 16.7 Å². The van der Waals surface area contributed by atoms with E-state index in [-0.39, 0.29) is 0 Å². The molecule has 0 saturated carbocycles. The number of fused-ring (bicyclic) bond motifs is 1. The Morgan fingerprint density at radius 1 is 1.45 bits per heavy atom. The zero-order chi connectivity index (χ0) is 14.8. The normalized spacial score (nSPS) is 11.9. The van der Waals surface area contributed by atoms with Gasteiger partial charge in [0.15, 0.2) is 0 Å². The number of hydrogen-bond acceptors (Lipinski definition) is 3. The van der Waals surface area contributed by atoms with Gasteiger partial charge in [0, 0.05) is 18.9 Å². The van der Waals surface area contributed by atoms with Crippen LogP contribution < -0.4 is 5.32 Å². The van der Waals surface area contributed by atoms with Gasteiger partial charge < -0.3 is 14.8 Å². The van der Waals surface area contributed by atoms with E-state index >= 15 is 0 Å². The minimum atomic E-state index is -0.776. The van der Waals surface area contributed by atoms with E-state index in [0.29, 0.717) is 24.5 Å². The van der Waals surface area contributed by atoms with Crippen LogP contribution in [0.2, 0.25) is 5.02 Å². The summed E-state index contributed by atoms with van der Waals surface area (Å²) in [5.74, 6) is -0.776. The number of rotatable bonds is 6. The van der Waals surface area contributed by atoms with Crippen molar-refractivity contribution in [3.63, 3.8) is 0 Å². The van der Waals surface area contributed by atoms with Crippen LogP contribution in [0.25, 0.3) is 5.65 Å². The third-order valence-electron chi connectivity index (χ3n) is 3.28. The molecule has 20 heavy (non-hydrogen) atoms. The van der Waals surface area contributed by atoms with Crippen LogP contribution in [0.1, 0.15) is 26.0 Å². The molecule has 0 bridgehead atoms. The molecule has 0 aliphatic rings. The number of nitrogens with zero attached hydrogens (tertiary/aromatic N) is 2. The SMILES string of the molecule is CC(C)(CCNCc1cn2cc(Cl)ccc2n1)C(=O)O. The topological polar surface area (TPSA) is 66.6 Å². The Hall–Kier alpha value is -1.59. The Labute approximate surface area is 122 Å². The third kappa shape index (κ3) is 3.49. The Bertz CT molecular complexity index is 622. The van der Waals surface area contributed by atoms with E-state index in [2.05, 4.69) is 10.3 Å². The molecule has 2 aromatic rings. The molecule has 0 fully saturated rings. The summed E-state index contributed by atoms with van der Waals surface area (Å²) < 4.78 is 1.88. The molecule has 0 saturated heterocycles. The van der Waals surface area contributed by atoms with Crippen molar-refractivity contribution >= 4 is 23.2 Å². The van der Waals surface area contributed by atoms with E-state index in [1.807, 2.05) is 16.7 Å². The van der Waals surface area contributed by atoms with Crippen LogP contribution in [0.5, 0.6) is 0 Å². The maximum atomic E-state index is 11.0. The molecule has 5 nitrogen and oxygen atoms in total. The molecule has 0 aliphatic heterocycles. The van der Waals surface area contributed by atoms with Gasteiger partial charge >= 0.3 is 5.97 Å². The first-order valence-corrected chi connectivity index (χ1v) is 6.83. The molecule has 0 aliphatic carbocycles. The van der Waals surface area contributed by atoms with Gasteiger partial charge in [-0.2, -0.15) is 0 Å². The van der Waals surface area contributed by atoms with Gasteiger partial charge in [-0.3, -0.25) is 4.79 Å². The fourth-order valence-electron chi connectivity index (χ4n) is 1.83. The monoisotopic (exact) mass is 295 g/mol. The molecular weight excluding hydrogens is 278 g/mol. The van der Waals surface area contributed by atoms with Crippen molar-refractivity contribution in [2.45, 2.75) is 26.8 Å². The molecule has 108 valence electrons. The highest BCUT2D eigenvalue weighted by Gasteiger charge is 2.26. The number of hydrogen-bond donors (Lipinski definition) is 2. The molecule has 0 spiro atoms. The molecule has 2 rings (SSSR count). The third-order valence-corrected chi connectivity index (χ3v) is 3.50. The predicted molar refractivity (Wildman–Crippen MR) is 77.9 cm³/mol. The standard InChI is InChI=1S/C14H18ClN3O2/c1-14(2,13(19)20)5-6-16-7-11-9-18-8-10(15)3-4-12(18)17-11/h3-4,8-9,16H,5-7H2,1-2H3,(H,19,20). The Kier molecular flexibility index (Phi) is 4.30. The van der Waals surface area contributed by atoms with Crippen LogP contribution in [-0.2, 0) is 11.3 Å². The zero-order valence-corrected chi connectivity index (χ0v) is 12.3. The van der Waals surface area contributed by atoms with Crippen molar-refractivity contribution in [1.29, 1.82) is 0 Å². The summed E-state index contributed by atoms with van der Waals surface area (Å²) in [6.45, 7) is 4.69. The van der Waals surface area contributed by atoms with E-state index in [1.54, 1.807) is 26.1 Å². The van der Waals surface area contributed by atoms with Crippen LogP contribution in [0.4, 0.5) is 0 Å². The lowest BCUT2D eigenvalue weighted by atomic mass is 9.90. The molecule has 0 radical (unpaired) electrons. The molecule has 0 atom stereocenters. The predicted octanol–water partition coefficient (Wildman–Crippen LogP) is 2.58. The lowest BCUT2D eigenvalue weighted by Crippen LogP contribution is -2.28. The molecule has 0 unspecified atom stereocenters. The molecule has 0 amide bonds. The van der Waals surface area contributed by atoms with Gasteiger partial charge in [0.05, 0.1) is 16.1 Å². The van der Waals surface area contributed by atoms with Crippen molar-refractivity contribution in [2.24, 2.45) is 5.41 Å². The first-order valence-electron chi connectivity index (χ1n) is 6.46. The van der Waals surface area contributed by atoms with Gasteiger partial charge in [0.1, 0.15) is 5.65 Å².